The number of hydrogen-bond acceptors (Lipinski definition) is 7. The summed E-state index contributed by atoms with van der Waals surface area (Å²) in [6.45, 7) is 1.61. The molecule has 1 rings (SSSR count). The predicted molar refractivity (Wildman–Crippen MR) is 56.2 cm³/mol. The molecule has 0 radical (unpaired) electrons. The van der Waals surface area contributed by atoms with E-state index < -0.39 is 26.8 Å². The van der Waals surface area contributed by atoms with Gasteiger partial charge in [0.15, 0.2) is 0 Å². The van der Waals surface area contributed by atoms with Crippen molar-refractivity contribution in [3.05, 3.63) is 0 Å². The average Bonchev–Trinajstić information content (AvgIpc) is 2.86. The molecule has 1 aliphatic rings. The molecule has 1 heterocycles. The van der Waals surface area contributed by atoms with Crippen LogP contribution >= 0.6 is 0 Å². The maximum Gasteiger partial charge on any atom is 0.269 e. The van der Waals surface area contributed by atoms with Crippen LogP contribution in [0.15, 0.2) is 0 Å². The van der Waals surface area contributed by atoms with Crippen LogP contribution in [0.1, 0.15) is 0 Å². The summed E-state index contributed by atoms with van der Waals surface area (Å²) in [6, 6.07) is 0. The van der Waals surface area contributed by atoms with Crippen molar-refractivity contribution in [3.8, 4) is 0 Å². The SMILES string of the molecule is C1CO1.COS(=O)(=O)CCO.CS(=O)(=O)O. The zero-order chi connectivity index (χ0) is 13.2. The summed E-state index contributed by atoms with van der Waals surface area (Å²) in [5.74, 6) is -0.330. The van der Waals surface area contributed by atoms with Crippen molar-refractivity contribution < 1.29 is 35.4 Å². The van der Waals surface area contributed by atoms with Crippen molar-refractivity contribution in [2.24, 2.45) is 0 Å². The molecule has 1 saturated heterocycles. The Labute approximate surface area is 95.1 Å². The Morgan fingerprint density at radius 1 is 1.25 bits per heavy atom. The third-order valence-electron chi connectivity index (χ3n) is 0.799. The lowest BCUT2D eigenvalue weighted by molar-refractivity contribution is 0.310. The van der Waals surface area contributed by atoms with Gasteiger partial charge in [0, 0.05) is 0 Å². The Kier molecular flexibility index (Phi) is 10.0. The molecule has 8 nitrogen and oxygen atoms in total. The molecular weight excluding hydrogens is 264 g/mol. The number of ether oxygens (including phenoxy) is 1. The topological polar surface area (TPSA) is 130 Å². The number of aliphatic hydroxyl groups excluding tert-OH is 1. The van der Waals surface area contributed by atoms with Crippen LogP contribution in [-0.4, -0.2) is 65.4 Å². The Morgan fingerprint density at radius 2 is 1.56 bits per heavy atom. The molecule has 2 N–H and O–H groups in total. The van der Waals surface area contributed by atoms with Crippen LogP contribution in [0.2, 0.25) is 0 Å². The van der Waals surface area contributed by atoms with Gasteiger partial charge in [-0.05, 0) is 0 Å². The highest BCUT2D eigenvalue weighted by Crippen LogP contribution is 1.86. The van der Waals surface area contributed by atoms with Crippen LogP contribution < -0.4 is 0 Å². The molecule has 0 amide bonds. The van der Waals surface area contributed by atoms with Crippen LogP contribution in [0.5, 0.6) is 0 Å². The van der Waals surface area contributed by atoms with E-state index in [2.05, 4.69) is 8.92 Å². The Hall–Kier alpha value is -0.260. The molecule has 0 aromatic rings. The van der Waals surface area contributed by atoms with Gasteiger partial charge in [-0.3, -0.25) is 8.74 Å². The Balaban J connectivity index is 0. The molecule has 0 bridgehead atoms. The first-order valence-electron chi connectivity index (χ1n) is 4.01. The summed E-state index contributed by atoms with van der Waals surface area (Å²) in [4.78, 5) is 0. The minimum Gasteiger partial charge on any atom is -0.395 e. The number of hydrogen-bond donors (Lipinski definition) is 2. The number of epoxide rings is 1. The maximum absolute atomic E-state index is 10.2. The van der Waals surface area contributed by atoms with Gasteiger partial charge in [0.25, 0.3) is 20.2 Å². The Morgan fingerprint density at radius 3 is 1.62 bits per heavy atom. The molecule has 100 valence electrons. The summed E-state index contributed by atoms with van der Waals surface area (Å²) in [7, 11) is -6.03. The summed E-state index contributed by atoms with van der Waals surface area (Å²) in [6.07, 6.45) is 0.715. The largest absolute Gasteiger partial charge is 0.395 e. The van der Waals surface area contributed by atoms with E-state index in [1.54, 1.807) is 0 Å². The smallest absolute Gasteiger partial charge is 0.269 e. The highest BCUT2D eigenvalue weighted by atomic mass is 32.2. The summed E-state index contributed by atoms with van der Waals surface area (Å²) in [5, 5.41) is 8.07. The monoisotopic (exact) mass is 280 g/mol. The van der Waals surface area contributed by atoms with Crippen molar-refractivity contribution in [1.82, 2.24) is 0 Å². The van der Waals surface area contributed by atoms with Crippen molar-refractivity contribution in [2.45, 2.75) is 0 Å². The fraction of sp³-hybridized carbons (Fsp3) is 1.00. The third kappa shape index (κ3) is 37.2. The van der Waals surface area contributed by atoms with Gasteiger partial charge in [0.05, 0.1) is 38.9 Å². The lowest BCUT2D eigenvalue weighted by Crippen LogP contribution is -2.10. The molecule has 0 aromatic heterocycles. The molecule has 16 heavy (non-hydrogen) atoms. The highest BCUT2D eigenvalue weighted by Gasteiger charge is 2.04. The molecule has 10 heteroatoms. The predicted octanol–water partition coefficient (Wildman–Crippen LogP) is -1.52. The summed E-state index contributed by atoms with van der Waals surface area (Å²) < 4.78 is 54.8. The van der Waals surface area contributed by atoms with Crippen molar-refractivity contribution >= 4 is 20.2 Å². The van der Waals surface area contributed by atoms with E-state index in [1.165, 1.54) is 0 Å². The normalized spacial score (nSPS) is 14.0. The third-order valence-corrected chi connectivity index (χ3v) is 1.99. The second-order valence-corrected chi connectivity index (χ2v) is 5.82. The lowest BCUT2D eigenvalue weighted by Gasteiger charge is -1.94. The second kappa shape index (κ2) is 8.84. The second-order valence-electron chi connectivity index (χ2n) is 2.50. The number of rotatable bonds is 3. The van der Waals surface area contributed by atoms with Crippen LogP contribution in [0.4, 0.5) is 0 Å². The Bertz CT molecular complexity index is 330. The lowest BCUT2D eigenvalue weighted by atomic mass is 10.9. The molecule has 0 unspecified atom stereocenters. The van der Waals surface area contributed by atoms with Crippen molar-refractivity contribution in [2.75, 3.05) is 38.9 Å². The number of aliphatic hydroxyl groups is 1. The fourth-order valence-corrected chi connectivity index (χ4v) is 0.585. The van der Waals surface area contributed by atoms with Gasteiger partial charge in [-0.15, -0.1) is 0 Å². The van der Waals surface area contributed by atoms with E-state index in [1.807, 2.05) is 0 Å². The van der Waals surface area contributed by atoms with Crippen LogP contribution in [0, 0.1) is 0 Å². The standard InChI is InChI=1S/C3H8O4S.C2H4O.CH4O3S/c1-7-8(5,6)3-2-4;1-2-3-1;1-5(2,3)4/h4H,2-3H2,1H3;1-2H2;1H3,(H,2,3,4). The van der Waals surface area contributed by atoms with E-state index in [9.17, 15) is 16.8 Å². The van der Waals surface area contributed by atoms with E-state index in [0.717, 1.165) is 20.3 Å². The minimum atomic E-state index is -3.67. The van der Waals surface area contributed by atoms with Crippen LogP contribution in [-0.2, 0) is 29.2 Å². The van der Waals surface area contributed by atoms with Crippen LogP contribution in [0.3, 0.4) is 0 Å². The highest BCUT2D eigenvalue weighted by molar-refractivity contribution is 7.86. The zero-order valence-electron chi connectivity index (χ0n) is 8.99. The molecule has 0 saturated carbocycles. The average molecular weight is 280 g/mol. The fourth-order valence-electron chi connectivity index (χ4n) is 0.195. The molecule has 0 atom stereocenters. The van der Waals surface area contributed by atoms with Gasteiger partial charge in [0.2, 0.25) is 0 Å². The molecule has 0 spiro atoms. The first-order valence-corrected chi connectivity index (χ1v) is 7.44. The molecule has 0 aromatic carbocycles. The first kappa shape index (κ1) is 18.1. The van der Waals surface area contributed by atoms with Gasteiger partial charge in [-0.2, -0.15) is 16.8 Å². The molecule has 1 aliphatic heterocycles. The summed E-state index contributed by atoms with van der Waals surface area (Å²) in [5.41, 5.74) is 0. The van der Waals surface area contributed by atoms with Crippen molar-refractivity contribution in [3.63, 3.8) is 0 Å². The maximum atomic E-state index is 10.2. The quantitative estimate of drug-likeness (QED) is 0.362. The van der Waals surface area contributed by atoms with E-state index >= 15 is 0 Å². The van der Waals surface area contributed by atoms with Gasteiger partial charge in [-0.25, -0.2) is 0 Å². The molecular formula is C6H16O8S2. The molecule has 0 aliphatic carbocycles. The van der Waals surface area contributed by atoms with Gasteiger partial charge in [-0.1, -0.05) is 0 Å². The van der Waals surface area contributed by atoms with E-state index in [-0.39, 0.29) is 5.75 Å². The molecule has 1 fully saturated rings. The summed E-state index contributed by atoms with van der Waals surface area (Å²) >= 11 is 0. The van der Waals surface area contributed by atoms with Crippen LogP contribution in [0.25, 0.3) is 0 Å². The van der Waals surface area contributed by atoms with E-state index in [4.69, 9.17) is 9.66 Å². The van der Waals surface area contributed by atoms with E-state index in [0.29, 0.717) is 6.26 Å². The van der Waals surface area contributed by atoms with Gasteiger partial charge < -0.3 is 9.84 Å². The van der Waals surface area contributed by atoms with Gasteiger partial charge in [0.1, 0.15) is 0 Å². The van der Waals surface area contributed by atoms with Crippen molar-refractivity contribution in [1.29, 1.82) is 0 Å². The van der Waals surface area contributed by atoms with Gasteiger partial charge >= 0.3 is 0 Å². The zero-order valence-corrected chi connectivity index (χ0v) is 10.6. The minimum absolute atomic E-state index is 0.330. The first-order chi connectivity index (χ1) is 7.12.